The highest BCUT2D eigenvalue weighted by Gasteiger charge is 2.30. The predicted octanol–water partition coefficient (Wildman–Crippen LogP) is 3.83. The Balaban J connectivity index is 0.00000156. The molecule has 0 bridgehead atoms. The molecular formula is C17H25Cl2N3O2S. The zero-order valence-corrected chi connectivity index (χ0v) is 16.9. The monoisotopic (exact) mass is 405 g/mol. The van der Waals surface area contributed by atoms with Crippen LogP contribution in [0.15, 0.2) is 21.9 Å². The molecule has 3 rings (SSSR count). The minimum atomic E-state index is -0.000615. The van der Waals surface area contributed by atoms with Crippen LogP contribution in [-0.2, 0) is 11.2 Å². The molecule has 2 unspecified atom stereocenters. The molecule has 0 saturated carbocycles. The Labute approximate surface area is 164 Å². The second-order valence-electron chi connectivity index (χ2n) is 6.19. The number of hydrogen-bond donors (Lipinski definition) is 1. The SMILES string of the molecule is Cc1oc(-c2cccs2)nc1CC(=O)N1CCCCC1C(C)N.Cl.Cl. The van der Waals surface area contributed by atoms with Crippen molar-refractivity contribution >= 4 is 42.1 Å². The fraction of sp³-hybridized carbons (Fsp3) is 0.529. The van der Waals surface area contributed by atoms with Crippen molar-refractivity contribution < 1.29 is 9.21 Å². The van der Waals surface area contributed by atoms with Crippen molar-refractivity contribution in [1.29, 1.82) is 0 Å². The number of aromatic nitrogens is 1. The summed E-state index contributed by atoms with van der Waals surface area (Å²) in [5.41, 5.74) is 6.79. The van der Waals surface area contributed by atoms with Crippen LogP contribution < -0.4 is 5.73 Å². The van der Waals surface area contributed by atoms with E-state index < -0.39 is 0 Å². The molecule has 2 N–H and O–H groups in total. The average Bonchev–Trinajstić information content (AvgIpc) is 3.17. The van der Waals surface area contributed by atoms with Crippen molar-refractivity contribution in [3.8, 4) is 10.8 Å². The minimum absolute atomic E-state index is 0. The molecule has 3 heterocycles. The lowest BCUT2D eigenvalue weighted by atomic mass is 9.96. The molecular weight excluding hydrogens is 381 g/mol. The van der Waals surface area contributed by atoms with Crippen LogP contribution in [-0.4, -0.2) is 34.4 Å². The Morgan fingerprint density at radius 2 is 2.24 bits per heavy atom. The molecule has 1 saturated heterocycles. The number of aryl methyl sites for hydroxylation is 1. The van der Waals surface area contributed by atoms with Gasteiger partial charge in [0, 0.05) is 18.6 Å². The van der Waals surface area contributed by atoms with Gasteiger partial charge in [0.05, 0.1) is 17.0 Å². The Morgan fingerprint density at radius 3 is 2.88 bits per heavy atom. The number of carbonyl (C=O) groups excluding carboxylic acids is 1. The molecule has 0 aromatic carbocycles. The van der Waals surface area contributed by atoms with Gasteiger partial charge in [0.1, 0.15) is 5.76 Å². The van der Waals surface area contributed by atoms with E-state index in [1.165, 1.54) is 0 Å². The Morgan fingerprint density at radius 1 is 1.48 bits per heavy atom. The van der Waals surface area contributed by atoms with Crippen molar-refractivity contribution in [2.45, 2.75) is 51.6 Å². The Kier molecular flexibility index (Phi) is 8.41. The summed E-state index contributed by atoms with van der Waals surface area (Å²) in [4.78, 5) is 20.2. The lowest BCUT2D eigenvalue weighted by Crippen LogP contribution is -2.52. The van der Waals surface area contributed by atoms with Crippen LogP contribution in [0.3, 0.4) is 0 Å². The van der Waals surface area contributed by atoms with Crippen LogP contribution in [0.4, 0.5) is 0 Å². The molecule has 2 aromatic heterocycles. The van der Waals surface area contributed by atoms with Crippen molar-refractivity contribution in [3.63, 3.8) is 0 Å². The highest BCUT2D eigenvalue weighted by atomic mass is 35.5. The van der Waals surface area contributed by atoms with Crippen LogP contribution in [0.5, 0.6) is 0 Å². The van der Waals surface area contributed by atoms with E-state index in [0.717, 1.165) is 42.1 Å². The number of piperidine rings is 1. The van der Waals surface area contributed by atoms with E-state index in [9.17, 15) is 4.79 Å². The molecule has 2 atom stereocenters. The van der Waals surface area contributed by atoms with Crippen LogP contribution in [0.1, 0.15) is 37.6 Å². The van der Waals surface area contributed by atoms with Crippen molar-refractivity contribution in [3.05, 3.63) is 29.0 Å². The van der Waals surface area contributed by atoms with Gasteiger partial charge in [-0.3, -0.25) is 4.79 Å². The van der Waals surface area contributed by atoms with E-state index in [0.29, 0.717) is 5.89 Å². The first-order chi connectivity index (χ1) is 11.1. The maximum Gasteiger partial charge on any atom is 0.236 e. The summed E-state index contributed by atoms with van der Waals surface area (Å²) in [7, 11) is 0. The third-order valence-corrected chi connectivity index (χ3v) is 5.28. The van der Waals surface area contributed by atoms with Gasteiger partial charge in [0.25, 0.3) is 0 Å². The smallest absolute Gasteiger partial charge is 0.236 e. The van der Waals surface area contributed by atoms with E-state index in [4.69, 9.17) is 10.2 Å². The molecule has 0 aliphatic carbocycles. The number of halogens is 2. The van der Waals surface area contributed by atoms with Gasteiger partial charge in [-0.1, -0.05) is 6.07 Å². The number of thiophene rings is 1. The first kappa shape index (κ1) is 22.0. The lowest BCUT2D eigenvalue weighted by molar-refractivity contribution is -0.134. The molecule has 25 heavy (non-hydrogen) atoms. The average molecular weight is 406 g/mol. The van der Waals surface area contributed by atoms with Gasteiger partial charge in [-0.2, -0.15) is 0 Å². The topological polar surface area (TPSA) is 72.4 Å². The molecule has 1 aliphatic rings. The maximum atomic E-state index is 12.7. The highest BCUT2D eigenvalue weighted by molar-refractivity contribution is 7.13. The van der Waals surface area contributed by atoms with Gasteiger partial charge in [0.15, 0.2) is 0 Å². The third kappa shape index (κ3) is 4.97. The standard InChI is InChI=1S/C17H23N3O2S.2ClH/c1-11(18)14-6-3-4-8-20(14)16(21)10-13-12(2)22-17(19-13)15-7-5-9-23-15;;/h5,7,9,11,14H,3-4,6,8,10,18H2,1-2H3;2*1H. The quantitative estimate of drug-likeness (QED) is 0.838. The zero-order chi connectivity index (χ0) is 16.4. The summed E-state index contributed by atoms with van der Waals surface area (Å²) < 4.78 is 5.73. The molecule has 5 nitrogen and oxygen atoms in total. The van der Waals surface area contributed by atoms with Gasteiger partial charge in [-0.05, 0) is 44.6 Å². The first-order valence-electron chi connectivity index (χ1n) is 8.11. The molecule has 1 fully saturated rings. The molecule has 140 valence electrons. The summed E-state index contributed by atoms with van der Waals surface area (Å²) in [6.07, 6.45) is 3.46. The van der Waals surface area contributed by atoms with Gasteiger partial charge in [0.2, 0.25) is 11.8 Å². The number of nitrogens with zero attached hydrogens (tertiary/aromatic N) is 2. The van der Waals surface area contributed by atoms with E-state index in [2.05, 4.69) is 4.98 Å². The van der Waals surface area contributed by atoms with E-state index in [1.807, 2.05) is 36.3 Å². The maximum absolute atomic E-state index is 12.7. The van der Waals surface area contributed by atoms with Gasteiger partial charge in [-0.25, -0.2) is 4.98 Å². The zero-order valence-electron chi connectivity index (χ0n) is 14.4. The largest absolute Gasteiger partial charge is 0.440 e. The van der Waals surface area contributed by atoms with Crippen LogP contribution >= 0.6 is 36.2 Å². The number of nitrogens with two attached hydrogens (primary N) is 1. The molecule has 1 aliphatic heterocycles. The molecule has 2 aromatic rings. The first-order valence-corrected chi connectivity index (χ1v) is 8.99. The number of rotatable bonds is 4. The van der Waals surface area contributed by atoms with E-state index in [1.54, 1.807) is 11.3 Å². The van der Waals surface area contributed by atoms with Crippen molar-refractivity contribution in [2.75, 3.05) is 6.54 Å². The third-order valence-electron chi connectivity index (χ3n) is 4.42. The number of oxazole rings is 1. The lowest BCUT2D eigenvalue weighted by Gasteiger charge is -2.38. The van der Waals surface area contributed by atoms with Crippen LogP contribution in [0, 0.1) is 6.92 Å². The molecule has 1 amide bonds. The van der Waals surface area contributed by atoms with E-state index in [-0.39, 0.29) is 49.2 Å². The summed E-state index contributed by atoms with van der Waals surface area (Å²) in [6.45, 7) is 4.64. The van der Waals surface area contributed by atoms with Gasteiger partial charge >= 0.3 is 0 Å². The highest BCUT2D eigenvalue weighted by Crippen LogP contribution is 2.27. The summed E-state index contributed by atoms with van der Waals surface area (Å²) in [6, 6.07) is 4.07. The molecule has 0 radical (unpaired) electrons. The fourth-order valence-electron chi connectivity index (χ4n) is 3.16. The second-order valence-corrected chi connectivity index (χ2v) is 7.13. The second kappa shape index (κ2) is 9.57. The predicted molar refractivity (Wildman–Crippen MR) is 106 cm³/mol. The normalized spacial score (nSPS) is 18.2. The number of likely N-dealkylation sites (tertiary alicyclic amines) is 1. The van der Waals surface area contributed by atoms with Crippen LogP contribution in [0.2, 0.25) is 0 Å². The summed E-state index contributed by atoms with van der Waals surface area (Å²) in [5.74, 6) is 1.42. The van der Waals surface area contributed by atoms with Crippen molar-refractivity contribution in [2.24, 2.45) is 5.73 Å². The number of amides is 1. The van der Waals surface area contributed by atoms with E-state index >= 15 is 0 Å². The fourth-order valence-corrected chi connectivity index (χ4v) is 3.81. The molecule has 0 spiro atoms. The summed E-state index contributed by atoms with van der Waals surface area (Å²) >= 11 is 1.58. The summed E-state index contributed by atoms with van der Waals surface area (Å²) in [5, 5.41) is 1.99. The minimum Gasteiger partial charge on any atom is -0.440 e. The van der Waals surface area contributed by atoms with Gasteiger partial charge in [-0.15, -0.1) is 36.2 Å². The number of hydrogen-bond acceptors (Lipinski definition) is 5. The van der Waals surface area contributed by atoms with Crippen molar-refractivity contribution in [1.82, 2.24) is 9.88 Å². The van der Waals surface area contributed by atoms with Gasteiger partial charge < -0.3 is 15.1 Å². The Bertz CT molecular complexity index is 673. The Hall–Kier alpha value is -1.08. The molecule has 8 heteroatoms. The number of carbonyl (C=O) groups is 1. The van der Waals surface area contributed by atoms with Crippen LogP contribution in [0.25, 0.3) is 10.8 Å².